The predicted molar refractivity (Wildman–Crippen MR) is 103 cm³/mol. The molecule has 28 heavy (non-hydrogen) atoms. The van der Waals surface area contributed by atoms with Crippen LogP contribution in [0.4, 0.5) is 0 Å². The lowest BCUT2D eigenvalue weighted by molar-refractivity contribution is -0.139. The number of ketones is 1. The van der Waals surface area contributed by atoms with Gasteiger partial charge >= 0.3 is 12.2 Å². The van der Waals surface area contributed by atoms with E-state index in [4.69, 9.17) is 5.53 Å². The van der Waals surface area contributed by atoms with E-state index in [2.05, 4.69) is 20.4 Å². The Hall–Kier alpha value is -3.29. The van der Waals surface area contributed by atoms with Crippen LogP contribution in [0.2, 0.25) is 0 Å². The molecular weight excluding hydrogens is 362 g/mol. The summed E-state index contributed by atoms with van der Waals surface area (Å²) in [5.74, 6) is -1.77. The van der Waals surface area contributed by atoms with E-state index < -0.39 is 17.8 Å². The molecular formula is C19H23N5O4. The lowest BCUT2D eigenvalue weighted by Gasteiger charge is -2.21. The number of rotatable bonds is 11. The standard InChI is InChI=1S/C19H23N5O4/c1-12(25)24-14(8-13-9-21-17-5-3-2-4-16(13)17)10-22-18(19(27)28)7-6-15(26)11-23-20/h2-5,9,11,14,18,21-22H,6-8,10H2,1H3,(H,24,25)(H,27,28)/t14-,18+/m0/s1. The van der Waals surface area contributed by atoms with Gasteiger partial charge in [-0.05, 0) is 24.5 Å². The molecule has 2 atom stereocenters. The van der Waals surface area contributed by atoms with Gasteiger partial charge in [0.05, 0.1) is 0 Å². The number of para-hydroxylation sites is 1. The molecule has 2 aromatic rings. The minimum Gasteiger partial charge on any atom is -0.480 e. The molecule has 0 bridgehead atoms. The molecule has 1 amide bonds. The Bertz CT molecular complexity index is 901. The summed E-state index contributed by atoms with van der Waals surface area (Å²) in [5, 5.41) is 16.1. The first-order valence-corrected chi connectivity index (χ1v) is 8.89. The number of benzene rings is 1. The van der Waals surface area contributed by atoms with Crippen molar-refractivity contribution in [1.29, 1.82) is 0 Å². The summed E-state index contributed by atoms with van der Waals surface area (Å²) in [7, 11) is 0. The van der Waals surface area contributed by atoms with Gasteiger partial charge in [0.2, 0.25) is 11.7 Å². The summed E-state index contributed by atoms with van der Waals surface area (Å²) in [6.45, 7) is 1.63. The maximum absolute atomic E-state index is 11.6. The lowest BCUT2D eigenvalue weighted by Crippen LogP contribution is -2.47. The predicted octanol–water partition coefficient (Wildman–Crippen LogP) is 0.908. The van der Waals surface area contributed by atoms with Crippen LogP contribution in [0.15, 0.2) is 30.5 Å². The number of aliphatic carboxylic acids is 1. The van der Waals surface area contributed by atoms with Gasteiger partial charge in [0, 0.05) is 43.0 Å². The van der Waals surface area contributed by atoms with E-state index >= 15 is 0 Å². The Labute approximate surface area is 161 Å². The molecule has 148 valence electrons. The number of hydrogen-bond acceptors (Lipinski definition) is 4. The number of fused-ring (bicyclic) bond motifs is 1. The highest BCUT2D eigenvalue weighted by Crippen LogP contribution is 2.19. The molecule has 9 nitrogen and oxygen atoms in total. The Kier molecular flexibility index (Phi) is 7.62. The number of carbonyl (C=O) groups excluding carboxylic acids is 2. The van der Waals surface area contributed by atoms with Crippen LogP contribution in [0, 0.1) is 0 Å². The summed E-state index contributed by atoms with van der Waals surface area (Å²) < 4.78 is 0. The summed E-state index contributed by atoms with van der Waals surface area (Å²) >= 11 is 0. The first kappa shape index (κ1) is 21.0. The van der Waals surface area contributed by atoms with Crippen molar-refractivity contribution in [2.45, 2.75) is 38.3 Å². The van der Waals surface area contributed by atoms with Crippen LogP contribution in [-0.2, 0) is 20.8 Å². The number of aromatic nitrogens is 1. The molecule has 0 aliphatic rings. The van der Waals surface area contributed by atoms with Crippen LogP contribution in [0.5, 0.6) is 0 Å². The summed E-state index contributed by atoms with van der Waals surface area (Å²) in [6, 6.07) is 6.50. The fourth-order valence-electron chi connectivity index (χ4n) is 3.04. The Balaban J connectivity index is 2.03. The van der Waals surface area contributed by atoms with E-state index in [0.717, 1.165) is 22.7 Å². The number of amides is 1. The van der Waals surface area contributed by atoms with E-state index in [-0.39, 0.29) is 31.3 Å². The van der Waals surface area contributed by atoms with Crippen molar-refractivity contribution in [2.24, 2.45) is 0 Å². The second kappa shape index (κ2) is 10.1. The molecule has 0 spiro atoms. The largest absolute Gasteiger partial charge is 0.480 e. The molecule has 1 heterocycles. The Morgan fingerprint density at radius 2 is 2.07 bits per heavy atom. The van der Waals surface area contributed by atoms with Crippen LogP contribution in [0.25, 0.3) is 16.4 Å². The van der Waals surface area contributed by atoms with E-state index in [9.17, 15) is 19.5 Å². The number of nitrogens with zero attached hydrogens (tertiary/aromatic N) is 2. The number of nitrogens with one attached hydrogen (secondary N) is 3. The minimum atomic E-state index is -1.09. The molecule has 0 unspecified atom stereocenters. The van der Waals surface area contributed by atoms with Crippen LogP contribution >= 0.6 is 0 Å². The van der Waals surface area contributed by atoms with Crippen molar-refractivity contribution >= 4 is 34.8 Å². The zero-order valence-electron chi connectivity index (χ0n) is 15.5. The van der Waals surface area contributed by atoms with Gasteiger partial charge in [-0.2, -0.15) is 4.79 Å². The fraction of sp³-hybridized carbons (Fsp3) is 0.368. The highest BCUT2D eigenvalue weighted by molar-refractivity contribution is 6.25. The SMILES string of the molecule is CC(=O)N[C@H](CN[C@H](CCC(=O)C=[N+]=[N-])C(=O)O)Cc1c[nH]c2ccccc12. The Morgan fingerprint density at radius 1 is 1.32 bits per heavy atom. The molecule has 9 heteroatoms. The normalized spacial score (nSPS) is 12.8. The van der Waals surface area contributed by atoms with Crippen LogP contribution in [-0.4, -0.2) is 57.4 Å². The fourth-order valence-corrected chi connectivity index (χ4v) is 3.04. The van der Waals surface area contributed by atoms with Crippen molar-refractivity contribution in [3.05, 3.63) is 41.6 Å². The van der Waals surface area contributed by atoms with Crippen LogP contribution in [0.1, 0.15) is 25.3 Å². The molecule has 0 fully saturated rings. The van der Waals surface area contributed by atoms with E-state index in [1.165, 1.54) is 6.92 Å². The van der Waals surface area contributed by atoms with Gasteiger partial charge in [-0.3, -0.25) is 14.4 Å². The molecule has 0 aliphatic carbocycles. The lowest BCUT2D eigenvalue weighted by atomic mass is 10.0. The quantitative estimate of drug-likeness (QED) is 0.258. The second-order valence-corrected chi connectivity index (χ2v) is 6.51. The van der Waals surface area contributed by atoms with Crippen molar-refractivity contribution < 1.29 is 24.3 Å². The summed E-state index contributed by atoms with van der Waals surface area (Å²) in [5.41, 5.74) is 10.3. The number of hydrogen-bond donors (Lipinski definition) is 4. The average molecular weight is 385 g/mol. The highest BCUT2D eigenvalue weighted by atomic mass is 16.4. The third-order valence-electron chi connectivity index (χ3n) is 4.34. The zero-order valence-corrected chi connectivity index (χ0v) is 15.5. The van der Waals surface area contributed by atoms with Crippen molar-refractivity contribution in [1.82, 2.24) is 15.6 Å². The molecule has 0 radical (unpaired) electrons. The van der Waals surface area contributed by atoms with Gasteiger partial charge < -0.3 is 26.3 Å². The third-order valence-corrected chi connectivity index (χ3v) is 4.34. The first-order chi connectivity index (χ1) is 13.4. The monoisotopic (exact) mass is 385 g/mol. The maximum Gasteiger partial charge on any atom is 0.323 e. The van der Waals surface area contributed by atoms with Gasteiger partial charge in [-0.1, -0.05) is 18.2 Å². The topological polar surface area (TPSA) is 148 Å². The number of aromatic amines is 1. The van der Waals surface area contributed by atoms with Crippen molar-refractivity contribution in [3.63, 3.8) is 0 Å². The minimum absolute atomic E-state index is 0.0417. The van der Waals surface area contributed by atoms with E-state index in [1.54, 1.807) is 0 Å². The van der Waals surface area contributed by atoms with Crippen LogP contribution < -0.4 is 10.6 Å². The summed E-state index contributed by atoms with van der Waals surface area (Å²) in [4.78, 5) is 40.2. The molecule has 1 aromatic heterocycles. The zero-order chi connectivity index (χ0) is 20.5. The maximum atomic E-state index is 11.6. The number of Topliss-reactive ketones (excluding diaryl/α,β-unsaturated/α-hetero) is 1. The second-order valence-electron chi connectivity index (χ2n) is 6.51. The van der Waals surface area contributed by atoms with Gasteiger partial charge in [-0.25, -0.2) is 0 Å². The van der Waals surface area contributed by atoms with Gasteiger partial charge in [0.15, 0.2) is 0 Å². The third kappa shape index (κ3) is 6.15. The Morgan fingerprint density at radius 3 is 2.75 bits per heavy atom. The number of carbonyl (C=O) groups is 3. The van der Waals surface area contributed by atoms with Crippen molar-refractivity contribution in [3.8, 4) is 0 Å². The van der Waals surface area contributed by atoms with Crippen LogP contribution in [0.3, 0.4) is 0 Å². The van der Waals surface area contributed by atoms with Gasteiger partial charge in [0.25, 0.3) is 0 Å². The molecule has 1 aromatic carbocycles. The first-order valence-electron chi connectivity index (χ1n) is 8.89. The van der Waals surface area contributed by atoms with E-state index in [0.29, 0.717) is 6.42 Å². The van der Waals surface area contributed by atoms with Gasteiger partial charge in [0.1, 0.15) is 6.04 Å². The van der Waals surface area contributed by atoms with Crippen molar-refractivity contribution in [2.75, 3.05) is 6.54 Å². The number of carboxylic acid groups (broad SMARTS) is 1. The molecule has 4 N–H and O–H groups in total. The number of H-pyrrole nitrogens is 1. The number of carboxylic acids is 1. The average Bonchev–Trinajstić information content (AvgIpc) is 3.04. The molecule has 0 saturated carbocycles. The smallest absolute Gasteiger partial charge is 0.323 e. The molecule has 2 rings (SSSR count). The van der Waals surface area contributed by atoms with E-state index in [1.807, 2.05) is 30.5 Å². The molecule has 0 saturated heterocycles. The molecule has 0 aliphatic heterocycles. The van der Waals surface area contributed by atoms with Gasteiger partial charge in [-0.15, -0.1) is 0 Å². The summed E-state index contributed by atoms with van der Waals surface area (Å²) in [6.07, 6.45) is 3.11. The highest BCUT2D eigenvalue weighted by Gasteiger charge is 2.21.